The molecule has 0 aromatic heterocycles. The molecule has 0 radical (unpaired) electrons. The second-order valence-corrected chi connectivity index (χ2v) is 6.16. The van der Waals surface area contributed by atoms with Crippen LogP contribution in [0, 0.1) is 17.8 Å². The highest BCUT2D eigenvalue weighted by Crippen LogP contribution is 2.21. The molecule has 0 amide bonds. The molecule has 3 unspecified atom stereocenters. The van der Waals surface area contributed by atoms with E-state index in [4.69, 9.17) is 5.11 Å². The van der Waals surface area contributed by atoms with Gasteiger partial charge in [-0.15, -0.1) is 0 Å². The van der Waals surface area contributed by atoms with Gasteiger partial charge in [0.05, 0.1) is 0 Å². The summed E-state index contributed by atoms with van der Waals surface area (Å²) >= 11 is 0. The Hall–Kier alpha value is -0.0400. The van der Waals surface area contributed by atoms with Crippen molar-refractivity contribution in [1.82, 2.24) is 0 Å². The maximum Gasteiger partial charge on any atom is 0.0456 e. The fraction of sp³-hybridized carbons (Fsp3) is 1.00. The van der Waals surface area contributed by atoms with Crippen LogP contribution in [0.1, 0.15) is 79.1 Å². The van der Waals surface area contributed by atoms with Gasteiger partial charge in [0.2, 0.25) is 0 Å². The Morgan fingerprint density at radius 2 is 1.35 bits per heavy atom. The van der Waals surface area contributed by atoms with Crippen molar-refractivity contribution >= 4 is 0 Å². The van der Waals surface area contributed by atoms with Crippen molar-refractivity contribution in [1.29, 1.82) is 0 Å². The Morgan fingerprint density at radius 3 is 1.94 bits per heavy atom. The molecule has 1 nitrogen and oxygen atoms in total. The van der Waals surface area contributed by atoms with Crippen LogP contribution in [0.3, 0.4) is 0 Å². The Labute approximate surface area is 109 Å². The number of hydrogen-bond donors (Lipinski definition) is 1. The lowest BCUT2D eigenvalue weighted by Crippen LogP contribution is -2.07. The molecule has 1 heteroatoms. The monoisotopic (exact) mass is 242 g/mol. The molecule has 0 rings (SSSR count). The third kappa shape index (κ3) is 10.8. The average Bonchev–Trinajstić information content (AvgIpc) is 2.29. The van der Waals surface area contributed by atoms with E-state index in [0.29, 0.717) is 12.5 Å². The minimum Gasteiger partial charge on any atom is -0.396 e. The molecular formula is C16H34O. The minimum absolute atomic E-state index is 0.345. The van der Waals surface area contributed by atoms with E-state index in [1.807, 2.05) is 0 Å². The van der Waals surface area contributed by atoms with Crippen LogP contribution >= 0.6 is 0 Å². The van der Waals surface area contributed by atoms with E-state index in [1.54, 1.807) is 0 Å². The predicted octanol–water partition coefficient (Wildman–Crippen LogP) is 5.03. The first kappa shape index (κ1) is 17.0. The predicted molar refractivity (Wildman–Crippen MR) is 77.2 cm³/mol. The summed E-state index contributed by atoms with van der Waals surface area (Å²) in [7, 11) is 0. The van der Waals surface area contributed by atoms with E-state index < -0.39 is 0 Å². The number of hydrogen-bond acceptors (Lipinski definition) is 1. The van der Waals surface area contributed by atoms with E-state index in [9.17, 15) is 0 Å². The van der Waals surface area contributed by atoms with Crippen LogP contribution in [-0.2, 0) is 0 Å². The molecule has 0 aliphatic rings. The third-order valence-electron chi connectivity index (χ3n) is 3.81. The van der Waals surface area contributed by atoms with Gasteiger partial charge in [-0.2, -0.15) is 0 Å². The van der Waals surface area contributed by atoms with Crippen molar-refractivity contribution in [3.63, 3.8) is 0 Å². The fourth-order valence-corrected chi connectivity index (χ4v) is 2.58. The van der Waals surface area contributed by atoms with Crippen molar-refractivity contribution in [3.05, 3.63) is 0 Å². The first-order valence-corrected chi connectivity index (χ1v) is 7.70. The molecule has 0 aromatic rings. The summed E-state index contributed by atoms with van der Waals surface area (Å²) in [5.41, 5.74) is 0. The summed E-state index contributed by atoms with van der Waals surface area (Å²) in [6.45, 7) is 9.49. The Balaban J connectivity index is 3.41. The van der Waals surface area contributed by atoms with Gasteiger partial charge in [-0.25, -0.2) is 0 Å². The molecule has 0 heterocycles. The topological polar surface area (TPSA) is 20.2 Å². The zero-order chi connectivity index (χ0) is 13.1. The first-order valence-electron chi connectivity index (χ1n) is 7.70. The second-order valence-electron chi connectivity index (χ2n) is 6.16. The van der Waals surface area contributed by atoms with Gasteiger partial charge in [-0.3, -0.25) is 0 Å². The van der Waals surface area contributed by atoms with Gasteiger partial charge in [-0.05, 0) is 24.2 Å². The van der Waals surface area contributed by atoms with Gasteiger partial charge in [0.15, 0.2) is 0 Å². The zero-order valence-corrected chi connectivity index (χ0v) is 12.5. The number of aliphatic hydroxyl groups is 1. The summed E-state index contributed by atoms with van der Waals surface area (Å²) < 4.78 is 0. The lowest BCUT2D eigenvalue weighted by atomic mass is 9.90. The minimum atomic E-state index is 0.345. The first-order chi connectivity index (χ1) is 8.10. The van der Waals surface area contributed by atoms with Crippen molar-refractivity contribution in [2.24, 2.45) is 17.8 Å². The Bertz CT molecular complexity index is 156. The molecule has 104 valence electrons. The fourth-order valence-electron chi connectivity index (χ4n) is 2.58. The van der Waals surface area contributed by atoms with Crippen LogP contribution in [0.2, 0.25) is 0 Å². The molecule has 1 N–H and O–H groups in total. The van der Waals surface area contributed by atoms with E-state index >= 15 is 0 Å². The molecule has 0 saturated heterocycles. The van der Waals surface area contributed by atoms with Gasteiger partial charge in [0.25, 0.3) is 0 Å². The van der Waals surface area contributed by atoms with Crippen LogP contribution < -0.4 is 0 Å². The normalized spacial score (nSPS) is 16.8. The summed E-state index contributed by atoms with van der Waals surface area (Å²) in [5.74, 6) is 2.16. The van der Waals surface area contributed by atoms with Crippen LogP contribution in [0.5, 0.6) is 0 Å². The van der Waals surface area contributed by atoms with E-state index in [1.165, 1.54) is 51.4 Å². The van der Waals surface area contributed by atoms with Crippen molar-refractivity contribution in [3.8, 4) is 0 Å². The zero-order valence-electron chi connectivity index (χ0n) is 12.5. The molecular weight excluding hydrogens is 208 g/mol. The van der Waals surface area contributed by atoms with Gasteiger partial charge < -0.3 is 5.11 Å². The maximum absolute atomic E-state index is 9.02. The lowest BCUT2D eigenvalue weighted by Gasteiger charge is -2.16. The molecule has 0 aliphatic heterocycles. The molecule has 0 bridgehead atoms. The maximum atomic E-state index is 9.02. The van der Waals surface area contributed by atoms with Gasteiger partial charge in [-0.1, -0.05) is 72.6 Å². The molecule has 0 spiro atoms. The summed E-state index contributed by atoms with van der Waals surface area (Å²) in [4.78, 5) is 0. The SMILES string of the molecule is CCCCCC(C)CCCC(C)CC(C)CO. The quantitative estimate of drug-likeness (QED) is 0.504. The lowest BCUT2D eigenvalue weighted by molar-refractivity contribution is 0.211. The highest BCUT2D eigenvalue weighted by Gasteiger charge is 2.09. The van der Waals surface area contributed by atoms with Gasteiger partial charge in [0.1, 0.15) is 0 Å². The number of rotatable bonds is 11. The summed E-state index contributed by atoms with van der Waals surface area (Å²) in [5, 5.41) is 9.02. The van der Waals surface area contributed by atoms with Crippen molar-refractivity contribution in [2.45, 2.75) is 79.1 Å². The molecule has 0 aliphatic carbocycles. The van der Waals surface area contributed by atoms with Crippen LogP contribution in [0.25, 0.3) is 0 Å². The second kappa shape index (κ2) is 11.1. The van der Waals surface area contributed by atoms with E-state index in [0.717, 1.165) is 11.8 Å². The highest BCUT2D eigenvalue weighted by molar-refractivity contribution is 4.61. The molecule has 0 aromatic carbocycles. The largest absolute Gasteiger partial charge is 0.396 e. The molecule has 3 atom stereocenters. The highest BCUT2D eigenvalue weighted by atomic mass is 16.3. The Kier molecular flexibility index (Phi) is 11.0. The Morgan fingerprint density at radius 1 is 0.765 bits per heavy atom. The smallest absolute Gasteiger partial charge is 0.0456 e. The van der Waals surface area contributed by atoms with E-state index in [-0.39, 0.29) is 0 Å². The third-order valence-corrected chi connectivity index (χ3v) is 3.81. The number of aliphatic hydroxyl groups excluding tert-OH is 1. The van der Waals surface area contributed by atoms with Crippen LogP contribution in [0.15, 0.2) is 0 Å². The van der Waals surface area contributed by atoms with Gasteiger partial charge in [0, 0.05) is 6.61 Å². The standard InChI is InChI=1S/C16H34O/c1-5-6-7-9-14(2)10-8-11-15(3)12-16(4)13-17/h14-17H,5-13H2,1-4H3. The van der Waals surface area contributed by atoms with Crippen molar-refractivity contribution < 1.29 is 5.11 Å². The van der Waals surface area contributed by atoms with Gasteiger partial charge >= 0.3 is 0 Å². The van der Waals surface area contributed by atoms with Crippen molar-refractivity contribution in [2.75, 3.05) is 6.61 Å². The summed E-state index contributed by atoms with van der Waals surface area (Å²) in [6.07, 6.45) is 10.8. The molecule has 0 fully saturated rings. The van der Waals surface area contributed by atoms with E-state index in [2.05, 4.69) is 27.7 Å². The molecule has 0 saturated carbocycles. The molecule has 17 heavy (non-hydrogen) atoms. The summed E-state index contributed by atoms with van der Waals surface area (Å²) in [6, 6.07) is 0. The number of unbranched alkanes of at least 4 members (excludes halogenated alkanes) is 2. The van der Waals surface area contributed by atoms with Crippen LogP contribution in [0.4, 0.5) is 0 Å². The average molecular weight is 242 g/mol. The van der Waals surface area contributed by atoms with Crippen LogP contribution in [-0.4, -0.2) is 11.7 Å².